The van der Waals surface area contributed by atoms with Crippen molar-refractivity contribution in [2.45, 2.75) is 12.0 Å². The fourth-order valence-corrected chi connectivity index (χ4v) is 2.43. The molecule has 1 heterocycles. The number of hydrogen-bond acceptors (Lipinski definition) is 3. The van der Waals surface area contributed by atoms with Crippen molar-refractivity contribution < 1.29 is 14.9 Å². The van der Waals surface area contributed by atoms with Gasteiger partial charge in [-0.1, -0.05) is 30.3 Å². The van der Waals surface area contributed by atoms with Gasteiger partial charge in [-0.2, -0.15) is 0 Å². The van der Waals surface area contributed by atoms with Crippen molar-refractivity contribution in [3.63, 3.8) is 0 Å². The number of fused-ring (bicyclic) bond motifs is 1. The van der Waals surface area contributed by atoms with E-state index in [1.807, 2.05) is 36.4 Å². The van der Waals surface area contributed by atoms with Gasteiger partial charge in [-0.15, -0.1) is 0 Å². The van der Waals surface area contributed by atoms with Crippen LogP contribution >= 0.6 is 0 Å². The molecular weight excluding hydrogens is 228 g/mol. The Bertz CT molecular complexity index is 548. The van der Waals surface area contributed by atoms with Crippen molar-refractivity contribution in [3.8, 4) is 11.5 Å². The van der Waals surface area contributed by atoms with Crippen LogP contribution in [0.1, 0.15) is 23.1 Å². The predicted octanol–water partition coefficient (Wildman–Crippen LogP) is 2.60. The van der Waals surface area contributed by atoms with E-state index in [1.165, 1.54) is 0 Å². The first-order valence-corrected chi connectivity index (χ1v) is 5.95. The van der Waals surface area contributed by atoms with E-state index in [4.69, 9.17) is 4.74 Å². The van der Waals surface area contributed by atoms with Gasteiger partial charge in [0.25, 0.3) is 0 Å². The molecule has 0 fully saturated rings. The van der Waals surface area contributed by atoms with Gasteiger partial charge >= 0.3 is 0 Å². The van der Waals surface area contributed by atoms with E-state index in [2.05, 4.69) is 0 Å². The molecule has 0 saturated heterocycles. The van der Waals surface area contributed by atoms with Crippen molar-refractivity contribution in [3.05, 3.63) is 59.7 Å². The molecule has 2 aromatic carbocycles. The predicted molar refractivity (Wildman–Crippen MR) is 67.7 cm³/mol. The topological polar surface area (TPSA) is 49.7 Å². The first kappa shape index (κ1) is 11.1. The highest BCUT2D eigenvalue weighted by atomic mass is 16.5. The third-order valence-corrected chi connectivity index (χ3v) is 3.36. The Morgan fingerprint density at radius 3 is 2.44 bits per heavy atom. The quantitative estimate of drug-likeness (QED) is 0.851. The normalized spacial score (nSPS) is 21.4. The molecule has 0 radical (unpaired) electrons. The largest absolute Gasteiger partial charge is 0.508 e. The highest BCUT2D eigenvalue weighted by Gasteiger charge is 2.34. The molecule has 18 heavy (non-hydrogen) atoms. The average Bonchev–Trinajstić information content (AvgIpc) is 2.78. The minimum Gasteiger partial charge on any atom is -0.508 e. The number of para-hydroxylation sites is 1. The number of hydrogen-bond donors (Lipinski definition) is 2. The summed E-state index contributed by atoms with van der Waals surface area (Å²) in [7, 11) is 0. The second-order valence-electron chi connectivity index (χ2n) is 4.46. The zero-order valence-electron chi connectivity index (χ0n) is 9.78. The zero-order chi connectivity index (χ0) is 12.5. The number of phenols is 1. The minimum atomic E-state index is -0.187. The van der Waals surface area contributed by atoms with E-state index >= 15 is 0 Å². The van der Waals surface area contributed by atoms with Crippen LogP contribution in [0.5, 0.6) is 11.5 Å². The monoisotopic (exact) mass is 242 g/mol. The molecule has 0 bridgehead atoms. The highest BCUT2D eigenvalue weighted by Crippen LogP contribution is 2.45. The van der Waals surface area contributed by atoms with Crippen molar-refractivity contribution in [1.82, 2.24) is 0 Å². The molecule has 3 nitrogen and oxygen atoms in total. The van der Waals surface area contributed by atoms with E-state index in [1.54, 1.807) is 12.1 Å². The molecule has 2 N–H and O–H groups in total. The van der Waals surface area contributed by atoms with Gasteiger partial charge in [0.15, 0.2) is 0 Å². The number of aromatic hydroxyl groups is 1. The van der Waals surface area contributed by atoms with Gasteiger partial charge in [-0.05, 0) is 23.8 Å². The summed E-state index contributed by atoms with van der Waals surface area (Å²) < 4.78 is 5.89. The standard InChI is InChI=1S/C15H14O3/c16-9-13-12-3-1-2-4-14(12)18-15(13)10-5-7-11(17)8-6-10/h1-8,13,15-17H,9H2/t13-,15+/m0/s1. The Morgan fingerprint density at radius 1 is 1.00 bits per heavy atom. The van der Waals surface area contributed by atoms with Crippen LogP contribution < -0.4 is 4.74 Å². The van der Waals surface area contributed by atoms with Gasteiger partial charge in [0.1, 0.15) is 17.6 Å². The summed E-state index contributed by atoms with van der Waals surface area (Å²) in [5, 5.41) is 18.9. The first-order valence-electron chi connectivity index (χ1n) is 5.95. The molecule has 1 aliphatic rings. The fraction of sp³-hybridized carbons (Fsp3) is 0.200. The second kappa shape index (κ2) is 4.35. The summed E-state index contributed by atoms with van der Waals surface area (Å²) in [4.78, 5) is 0. The summed E-state index contributed by atoms with van der Waals surface area (Å²) in [5.41, 5.74) is 2.00. The van der Waals surface area contributed by atoms with Gasteiger partial charge < -0.3 is 14.9 Å². The van der Waals surface area contributed by atoms with E-state index in [0.29, 0.717) is 0 Å². The molecule has 0 saturated carbocycles. The smallest absolute Gasteiger partial charge is 0.133 e. The molecule has 3 rings (SSSR count). The van der Waals surface area contributed by atoms with Crippen molar-refractivity contribution in [2.24, 2.45) is 0 Å². The molecule has 0 unspecified atom stereocenters. The molecule has 92 valence electrons. The van der Waals surface area contributed by atoms with E-state index in [-0.39, 0.29) is 24.4 Å². The number of aliphatic hydroxyl groups excluding tert-OH is 1. The lowest BCUT2D eigenvalue weighted by atomic mass is 9.92. The highest BCUT2D eigenvalue weighted by molar-refractivity contribution is 5.44. The van der Waals surface area contributed by atoms with Gasteiger partial charge in [-0.3, -0.25) is 0 Å². The zero-order valence-corrected chi connectivity index (χ0v) is 9.78. The van der Waals surface area contributed by atoms with Crippen LogP contribution in [0.4, 0.5) is 0 Å². The molecule has 1 aliphatic heterocycles. The fourth-order valence-electron chi connectivity index (χ4n) is 2.43. The lowest BCUT2D eigenvalue weighted by Gasteiger charge is -2.17. The van der Waals surface area contributed by atoms with Crippen LogP contribution in [0.2, 0.25) is 0 Å². The Hall–Kier alpha value is -2.00. The van der Waals surface area contributed by atoms with Crippen LogP contribution in [0, 0.1) is 0 Å². The van der Waals surface area contributed by atoms with E-state index < -0.39 is 0 Å². The third-order valence-electron chi connectivity index (χ3n) is 3.36. The Kier molecular flexibility index (Phi) is 2.68. The summed E-state index contributed by atoms with van der Waals surface area (Å²) in [5.74, 6) is 1.01. The van der Waals surface area contributed by atoms with Crippen molar-refractivity contribution in [2.75, 3.05) is 6.61 Å². The Labute approximate surface area is 105 Å². The van der Waals surface area contributed by atoms with Crippen molar-refractivity contribution >= 4 is 0 Å². The number of rotatable bonds is 2. The number of ether oxygens (including phenoxy) is 1. The maximum atomic E-state index is 9.57. The molecule has 0 spiro atoms. The van der Waals surface area contributed by atoms with Crippen LogP contribution in [-0.2, 0) is 0 Å². The lowest BCUT2D eigenvalue weighted by Crippen LogP contribution is -2.13. The Morgan fingerprint density at radius 2 is 1.72 bits per heavy atom. The molecule has 0 amide bonds. The van der Waals surface area contributed by atoms with Crippen LogP contribution in [0.3, 0.4) is 0 Å². The van der Waals surface area contributed by atoms with Gasteiger partial charge in [0.05, 0.1) is 12.5 Å². The summed E-state index contributed by atoms with van der Waals surface area (Å²) in [6.07, 6.45) is -0.187. The maximum absolute atomic E-state index is 9.57. The van der Waals surface area contributed by atoms with Gasteiger partial charge in [0.2, 0.25) is 0 Å². The molecular formula is C15H14O3. The summed E-state index contributed by atoms with van der Waals surface area (Å²) in [6.45, 7) is 0.0442. The number of phenolic OH excluding ortho intramolecular Hbond substituents is 1. The van der Waals surface area contributed by atoms with Gasteiger partial charge in [-0.25, -0.2) is 0 Å². The van der Waals surface area contributed by atoms with Gasteiger partial charge in [0, 0.05) is 5.56 Å². The van der Waals surface area contributed by atoms with Crippen molar-refractivity contribution in [1.29, 1.82) is 0 Å². The van der Waals surface area contributed by atoms with Crippen LogP contribution in [0.15, 0.2) is 48.5 Å². The average molecular weight is 242 g/mol. The van der Waals surface area contributed by atoms with Crippen LogP contribution in [-0.4, -0.2) is 16.8 Å². The number of aliphatic hydroxyl groups is 1. The van der Waals surface area contributed by atoms with E-state index in [9.17, 15) is 10.2 Å². The molecule has 0 aliphatic carbocycles. The summed E-state index contributed by atoms with van der Waals surface area (Å²) in [6, 6.07) is 14.7. The van der Waals surface area contributed by atoms with Crippen LogP contribution in [0.25, 0.3) is 0 Å². The SMILES string of the molecule is OC[C@H]1c2ccccc2O[C@@H]1c1ccc(O)cc1. The molecule has 2 atom stereocenters. The minimum absolute atomic E-state index is 0.0442. The summed E-state index contributed by atoms with van der Waals surface area (Å²) >= 11 is 0. The maximum Gasteiger partial charge on any atom is 0.133 e. The number of benzene rings is 2. The van der Waals surface area contributed by atoms with E-state index in [0.717, 1.165) is 16.9 Å². The lowest BCUT2D eigenvalue weighted by molar-refractivity contribution is 0.160. The first-order chi connectivity index (χ1) is 8.79. The third kappa shape index (κ3) is 1.73. The molecule has 0 aromatic heterocycles. The Balaban J connectivity index is 1.98. The molecule has 2 aromatic rings. The second-order valence-corrected chi connectivity index (χ2v) is 4.46. The molecule has 3 heteroatoms.